The van der Waals surface area contributed by atoms with E-state index in [1.807, 2.05) is 22.6 Å². The number of nitrogens with zero attached hydrogens (tertiary/aromatic N) is 2. The summed E-state index contributed by atoms with van der Waals surface area (Å²) in [6, 6.07) is 4.95. The minimum absolute atomic E-state index is 0.123. The topological polar surface area (TPSA) is 37.8 Å². The van der Waals surface area contributed by atoms with Crippen molar-refractivity contribution in [2.75, 3.05) is 5.32 Å². The Labute approximate surface area is 129 Å². The Morgan fingerprint density at radius 1 is 1.15 bits per heavy atom. The predicted octanol–water partition coefficient (Wildman–Crippen LogP) is 4.64. The molecule has 1 heterocycles. The van der Waals surface area contributed by atoms with Crippen molar-refractivity contribution in [3.63, 3.8) is 0 Å². The molecule has 0 saturated carbocycles. The zero-order chi connectivity index (χ0) is 14.9. The number of alkyl halides is 3. The van der Waals surface area contributed by atoms with E-state index in [0.717, 1.165) is 6.07 Å². The fourth-order valence-corrected chi connectivity index (χ4v) is 2.13. The van der Waals surface area contributed by atoms with Crippen molar-refractivity contribution in [2.45, 2.75) is 6.18 Å². The first-order valence-corrected chi connectivity index (χ1v) is 6.55. The molecule has 20 heavy (non-hydrogen) atoms. The lowest BCUT2D eigenvalue weighted by molar-refractivity contribution is -0.144. The second-order valence-electron chi connectivity index (χ2n) is 3.65. The molecule has 0 aliphatic carbocycles. The van der Waals surface area contributed by atoms with Crippen molar-refractivity contribution in [1.29, 1.82) is 0 Å². The zero-order valence-corrected chi connectivity index (χ0v) is 12.4. The number of aromatic nitrogens is 2. The van der Waals surface area contributed by atoms with Gasteiger partial charge in [-0.3, -0.25) is 0 Å². The lowest BCUT2D eigenvalue weighted by Gasteiger charge is -2.11. The maximum absolute atomic E-state index is 12.9. The summed E-state index contributed by atoms with van der Waals surface area (Å²) >= 11 is 7.38. The average molecular weight is 418 g/mol. The number of nitrogens with one attached hydrogen (secondary N) is 1. The van der Waals surface area contributed by atoms with Crippen molar-refractivity contribution < 1.29 is 17.6 Å². The molecule has 2 aromatic rings. The summed E-state index contributed by atoms with van der Waals surface area (Å²) in [4.78, 5) is 6.45. The molecule has 0 amide bonds. The Morgan fingerprint density at radius 2 is 1.85 bits per heavy atom. The molecule has 0 spiro atoms. The molecular formula is C11H5ClF4IN3. The van der Waals surface area contributed by atoms with Crippen LogP contribution < -0.4 is 5.32 Å². The summed E-state index contributed by atoms with van der Waals surface area (Å²) in [5.41, 5.74) is 0.412. The van der Waals surface area contributed by atoms with E-state index >= 15 is 0 Å². The van der Waals surface area contributed by atoms with Gasteiger partial charge in [0.25, 0.3) is 0 Å². The summed E-state index contributed by atoms with van der Waals surface area (Å²) < 4.78 is 51.1. The smallest absolute Gasteiger partial charge is 0.339 e. The van der Waals surface area contributed by atoms with Crippen LogP contribution in [0.25, 0.3) is 0 Å². The third-order valence-electron chi connectivity index (χ3n) is 2.14. The molecular weight excluding hydrogens is 412 g/mol. The molecule has 0 aliphatic rings. The van der Waals surface area contributed by atoms with Gasteiger partial charge < -0.3 is 5.32 Å². The quantitative estimate of drug-likeness (QED) is 0.440. The van der Waals surface area contributed by atoms with Gasteiger partial charge in [0, 0.05) is 9.64 Å². The van der Waals surface area contributed by atoms with E-state index < -0.39 is 17.8 Å². The van der Waals surface area contributed by atoms with Gasteiger partial charge in [0.05, 0.1) is 5.69 Å². The highest BCUT2D eigenvalue weighted by Gasteiger charge is 2.35. The lowest BCUT2D eigenvalue weighted by Crippen LogP contribution is -2.12. The Bertz CT molecular complexity index is 648. The van der Waals surface area contributed by atoms with Crippen LogP contribution in [0, 0.1) is 9.39 Å². The van der Waals surface area contributed by atoms with Crippen molar-refractivity contribution in [3.05, 3.63) is 44.6 Å². The fraction of sp³-hybridized carbons (Fsp3) is 0.0909. The van der Waals surface area contributed by atoms with Gasteiger partial charge in [-0.25, -0.2) is 14.4 Å². The third-order valence-corrected chi connectivity index (χ3v) is 3.23. The monoisotopic (exact) mass is 417 g/mol. The highest BCUT2D eigenvalue weighted by Crippen LogP contribution is 2.29. The van der Waals surface area contributed by atoms with E-state index in [9.17, 15) is 17.6 Å². The van der Waals surface area contributed by atoms with Gasteiger partial charge >= 0.3 is 6.18 Å². The first-order chi connectivity index (χ1) is 9.25. The van der Waals surface area contributed by atoms with Gasteiger partial charge in [-0.2, -0.15) is 13.2 Å². The first kappa shape index (κ1) is 15.2. The highest BCUT2D eigenvalue weighted by molar-refractivity contribution is 14.1. The SMILES string of the molecule is Fc1ccc(Nc2cc(Cl)nc(C(F)(F)F)n2)c(I)c1. The largest absolute Gasteiger partial charge is 0.451 e. The van der Waals surface area contributed by atoms with Crippen LogP contribution >= 0.6 is 34.2 Å². The number of rotatable bonds is 2. The number of halogens is 6. The number of benzene rings is 1. The first-order valence-electron chi connectivity index (χ1n) is 5.09. The summed E-state index contributed by atoms with van der Waals surface area (Å²) in [6.45, 7) is 0. The minimum Gasteiger partial charge on any atom is -0.339 e. The van der Waals surface area contributed by atoms with Crippen LogP contribution in [-0.2, 0) is 6.18 Å². The van der Waals surface area contributed by atoms with Crippen LogP contribution in [0.2, 0.25) is 5.15 Å². The van der Waals surface area contributed by atoms with Crippen LogP contribution in [0.4, 0.5) is 29.1 Å². The summed E-state index contributed by atoms with van der Waals surface area (Å²) in [5, 5.41) is 2.30. The van der Waals surface area contributed by atoms with E-state index in [1.54, 1.807) is 0 Å². The molecule has 0 bridgehead atoms. The second kappa shape index (κ2) is 5.68. The summed E-state index contributed by atoms with van der Waals surface area (Å²) in [7, 11) is 0. The van der Waals surface area contributed by atoms with E-state index in [0.29, 0.717) is 9.26 Å². The molecule has 1 aromatic carbocycles. The number of anilines is 2. The van der Waals surface area contributed by atoms with Crippen LogP contribution in [0.5, 0.6) is 0 Å². The molecule has 3 nitrogen and oxygen atoms in total. The Morgan fingerprint density at radius 3 is 2.45 bits per heavy atom. The minimum atomic E-state index is -4.70. The molecule has 0 radical (unpaired) electrons. The molecule has 0 fully saturated rings. The Kier molecular flexibility index (Phi) is 4.33. The number of hydrogen-bond donors (Lipinski definition) is 1. The van der Waals surface area contributed by atoms with Gasteiger partial charge in [0.2, 0.25) is 5.82 Å². The molecule has 1 aromatic heterocycles. The average Bonchev–Trinajstić information content (AvgIpc) is 2.31. The normalized spacial score (nSPS) is 11.5. The van der Waals surface area contributed by atoms with Crippen LogP contribution in [-0.4, -0.2) is 9.97 Å². The lowest BCUT2D eigenvalue weighted by atomic mass is 10.3. The predicted molar refractivity (Wildman–Crippen MR) is 74.4 cm³/mol. The number of hydrogen-bond acceptors (Lipinski definition) is 3. The van der Waals surface area contributed by atoms with Gasteiger partial charge in [0.15, 0.2) is 0 Å². The Hall–Kier alpha value is -1.16. The second-order valence-corrected chi connectivity index (χ2v) is 5.20. The van der Waals surface area contributed by atoms with E-state index in [4.69, 9.17) is 11.6 Å². The van der Waals surface area contributed by atoms with Gasteiger partial charge in [-0.05, 0) is 40.8 Å². The van der Waals surface area contributed by atoms with Crippen molar-refractivity contribution in [1.82, 2.24) is 9.97 Å². The maximum Gasteiger partial charge on any atom is 0.451 e. The van der Waals surface area contributed by atoms with Crippen LogP contribution in [0.1, 0.15) is 5.82 Å². The molecule has 2 rings (SSSR count). The van der Waals surface area contributed by atoms with Gasteiger partial charge in [-0.1, -0.05) is 11.6 Å². The third kappa shape index (κ3) is 3.69. The molecule has 0 saturated heterocycles. The molecule has 0 unspecified atom stereocenters. The van der Waals surface area contributed by atoms with Gasteiger partial charge in [0.1, 0.15) is 16.8 Å². The summed E-state index contributed by atoms with van der Waals surface area (Å²) in [6.07, 6.45) is -4.70. The summed E-state index contributed by atoms with van der Waals surface area (Å²) in [5.74, 6) is -1.91. The van der Waals surface area contributed by atoms with Crippen molar-refractivity contribution in [3.8, 4) is 0 Å². The van der Waals surface area contributed by atoms with E-state index in [-0.39, 0.29) is 11.0 Å². The molecule has 9 heteroatoms. The molecule has 0 aliphatic heterocycles. The Balaban J connectivity index is 2.36. The maximum atomic E-state index is 12.9. The van der Waals surface area contributed by atoms with Crippen molar-refractivity contribution in [2.24, 2.45) is 0 Å². The van der Waals surface area contributed by atoms with Crippen molar-refractivity contribution >= 4 is 45.7 Å². The van der Waals surface area contributed by atoms with Crippen LogP contribution in [0.3, 0.4) is 0 Å². The van der Waals surface area contributed by atoms with E-state index in [1.165, 1.54) is 18.2 Å². The van der Waals surface area contributed by atoms with E-state index in [2.05, 4.69) is 15.3 Å². The standard InChI is InChI=1S/C11H5ClF4IN3/c12-8-4-9(20-10(19-8)11(14,15)16)18-7-2-1-5(13)3-6(7)17/h1-4H,(H,18,19,20). The molecule has 0 atom stereocenters. The molecule has 106 valence electrons. The highest BCUT2D eigenvalue weighted by atomic mass is 127. The zero-order valence-electron chi connectivity index (χ0n) is 9.47. The molecule has 1 N–H and O–H groups in total. The fourth-order valence-electron chi connectivity index (χ4n) is 1.34. The van der Waals surface area contributed by atoms with Gasteiger partial charge in [-0.15, -0.1) is 0 Å². The van der Waals surface area contributed by atoms with Crippen LogP contribution in [0.15, 0.2) is 24.3 Å².